The standard InChI is InChI=1S/C13H13BrO5/c1-2-17-13(16)10(15)8-4-5-9(14)12-11(8)18-6-3-7-19-12/h4-5H,2-3,6-7H2,1H3. The Balaban J connectivity index is 2.41. The van der Waals surface area contributed by atoms with E-state index in [1.54, 1.807) is 13.0 Å². The first-order chi connectivity index (χ1) is 9.15. The molecular weight excluding hydrogens is 316 g/mol. The van der Waals surface area contributed by atoms with Gasteiger partial charge < -0.3 is 14.2 Å². The molecule has 1 aliphatic heterocycles. The van der Waals surface area contributed by atoms with Gasteiger partial charge in [0, 0.05) is 6.42 Å². The van der Waals surface area contributed by atoms with Crippen molar-refractivity contribution in [1.29, 1.82) is 0 Å². The zero-order chi connectivity index (χ0) is 13.8. The maximum Gasteiger partial charge on any atom is 0.379 e. The van der Waals surface area contributed by atoms with Gasteiger partial charge >= 0.3 is 5.97 Å². The highest BCUT2D eigenvalue weighted by molar-refractivity contribution is 9.10. The van der Waals surface area contributed by atoms with Crippen LogP contribution >= 0.6 is 15.9 Å². The van der Waals surface area contributed by atoms with Crippen molar-refractivity contribution in [2.75, 3.05) is 19.8 Å². The smallest absolute Gasteiger partial charge is 0.379 e. The monoisotopic (exact) mass is 328 g/mol. The Bertz CT molecular complexity index is 512. The lowest BCUT2D eigenvalue weighted by Crippen LogP contribution is -2.18. The summed E-state index contributed by atoms with van der Waals surface area (Å²) >= 11 is 3.34. The second-order valence-corrected chi connectivity index (χ2v) is 4.71. The van der Waals surface area contributed by atoms with E-state index < -0.39 is 11.8 Å². The Morgan fingerprint density at radius 3 is 2.63 bits per heavy atom. The highest BCUT2D eigenvalue weighted by Gasteiger charge is 2.26. The topological polar surface area (TPSA) is 61.8 Å². The van der Waals surface area contributed by atoms with Crippen LogP contribution in [0.2, 0.25) is 0 Å². The molecular formula is C13H13BrO5. The minimum absolute atomic E-state index is 0.153. The summed E-state index contributed by atoms with van der Waals surface area (Å²) in [7, 11) is 0. The SMILES string of the molecule is CCOC(=O)C(=O)c1ccc(Br)c2c1OCCCO2. The van der Waals surface area contributed by atoms with Crippen LogP contribution in [-0.4, -0.2) is 31.6 Å². The second kappa shape index (κ2) is 6.06. The minimum atomic E-state index is -0.889. The normalized spacial score (nSPS) is 13.6. The summed E-state index contributed by atoms with van der Waals surface area (Å²) in [6, 6.07) is 3.18. The number of fused-ring (bicyclic) bond motifs is 1. The van der Waals surface area contributed by atoms with Crippen molar-refractivity contribution in [3.8, 4) is 11.5 Å². The summed E-state index contributed by atoms with van der Waals surface area (Å²) in [5.74, 6) is -0.867. The van der Waals surface area contributed by atoms with Crippen molar-refractivity contribution in [2.45, 2.75) is 13.3 Å². The molecule has 0 bridgehead atoms. The van der Waals surface area contributed by atoms with Gasteiger partial charge in [0.2, 0.25) is 0 Å². The van der Waals surface area contributed by atoms with Gasteiger partial charge in [0.05, 0.1) is 29.9 Å². The van der Waals surface area contributed by atoms with E-state index in [1.807, 2.05) is 0 Å². The number of rotatable bonds is 3. The van der Waals surface area contributed by atoms with E-state index in [-0.39, 0.29) is 12.2 Å². The number of halogens is 1. The zero-order valence-electron chi connectivity index (χ0n) is 10.4. The van der Waals surface area contributed by atoms with Crippen LogP contribution in [0.1, 0.15) is 23.7 Å². The molecule has 1 aliphatic rings. The Hall–Kier alpha value is -1.56. The number of carbonyl (C=O) groups excluding carboxylic acids is 2. The summed E-state index contributed by atoms with van der Waals surface area (Å²) in [5, 5.41) is 0. The van der Waals surface area contributed by atoms with Gasteiger partial charge in [-0.25, -0.2) is 4.79 Å². The predicted molar refractivity (Wildman–Crippen MR) is 70.7 cm³/mol. The van der Waals surface area contributed by atoms with Crippen LogP contribution in [0.4, 0.5) is 0 Å². The lowest BCUT2D eigenvalue weighted by atomic mass is 10.1. The second-order valence-electron chi connectivity index (χ2n) is 3.85. The molecule has 0 spiro atoms. The van der Waals surface area contributed by atoms with Crippen LogP contribution in [0.3, 0.4) is 0 Å². The molecule has 1 aromatic carbocycles. The van der Waals surface area contributed by atoms with E-state index in [2.05, 4.69) is 15.9 Å². The maximum absolute atomic E-state index is 12.0. The molecule has 0 fully saturated rings. The van der Waals surface area contributed by atoms with Gasteiger partial charge in [-0.1, -0.05) is 0 Å². The summed E-state index contributed by atoms with van der Waals surface area (Å²) in [5.41, 5.74) is 0.165. The molecule has 19 heavy (non-hydrogen) atoms. The lowest BCUT2D eigenvalue weighted by Gasteiger charge is -2.12. The average Bonchev–Trinajstić information content (AvgIpc) is 2.65. The minimum Gasteiger partial charge on any atom is -0.489 e. The highest BCUT2D eigenvalue weighted by atomic mass is 79.9. The molecule has 0 radical (unpaired) electrons. The van der Waals surface area contributed by atoms with Crippen molar-refractivity contribution < 1.29 is 23.8 Å². The fourth-order valence-corrected chi connectivity index (χ4v) is 2.14. The van der Waals surface area contributed by atoms with E-state index in [9.17, 15) is 9.59 Å². The van der Waals surface area contributed by atoms with Crippen molar-refractivity contribution in [2.24, 2.45) is 0 Å². The average molecular weight is 329 g/mol. The molecule has 0 atom stereocenters. The largest absolute Gasteiger partial charge is 0.489 e. The third-order valence-corrected chi connectivity index (χ3v) is 3.18. The third kappa shape index (κ3) is 2.89. The van der Waals surface area contributed by atoms with Gasteiger partial charge in [-0.3, -0.25) is 4.79 Å². The van der Waals surface area contributed by atoms with Gasteiger partial charge in [0.15, 0.2) is 11.5 Å². The van der Waals surface area contributed by atoms with Crippen LogP contribution in [0, 0.1) is 0 Å². The summed E-state index contributed by atoms with van der Waals surface area (Å²) in [6.07, 6.45) is 0.716. The molecule has 0 amide bonds. The molecule has 2 rings (SSSR count). The van der Waals surface area contributed by atoms with Crippen molar-refractivity contribution in [1.82, 2.24) is 0 Å². The Morgan fingerprint density at radius 1 is 1.26 bits per heavy atom. The number of carbonyl (C=O) groups is 2. The molecule has 0 unspecified atom stereocenters. The predicted octanol–water partition coefficient (Wildman–Crippen LogP) is 2.36. The fraction of sp³-hybridized carbons (Fsp3) is 0.385. The lowest BCUT2D eigenvalue weighted by molar-refractivity contribution is -0.137. The number of esters is 1. The van der Waals surface area contributed by atoms with Crippen molar-refractivity contribution >= 4 is 27.7 Å². The molecule has 0 N–H and O–H groups in total. The Labute approximate surface area is 119 Å². The van der Waals surface area contributed by atoms with Gasteiger partial charge in [0.1, 0.15) is 0 Å². The summed E-state index contributed by atoms with van der Waals surface area (Å²) in [4.78, 5) is 23.5. The zero-order valence-corrected chi connectivity index (χ0v) is 12.0. The van der Waals surface area contributed by atoms with Crippen LogP contribution in [0.15, 0.2) is 16.6 Å². The number of ketones is 1. The number of Topliss-reactive ketones (excluding diaryl/α,β-unsaturated/α-hetero) is 1. The van der Waals surface area contributed by atoms with Crippen molar-refractivity contribution in [3.63, 3.8) is 0 Å². The maximum atomic E-state index is 12.0. The molecule has 1 aromatic rings. The van der Waals surface area contributed by atoms with E-state index >= 15 is 0 Å². The summed E-state index contributed by atoms with van der Waals surface area (Å²) in [6.45, 7) is 2.74. The van der Waals surface area contributed by atoms with Gasteiger partial charge in [0.25, 0.3) is 5.78 Å². The molecule has 0 aromatic heterocycles. The van der Waals surface area contributed by atoms with Crippen LogP contribution in [0.25, 0.3) is 0 Å². The Morgan fingerprint density at radius 2 is 1.95 bits per heavy atom. The van der Waals surface area contributed by atoms with Gasteiger partial charge in [-0.2, -0.15) is 0 Å². The first kappa shape index (κ1) is 13.9. The van der Waals surface area contributed by atoms with E-state index in [1.165, 1.54) is 6.07 Å². The molecule has 1 heterocycles. The van der Waals surface area contributed by atoms with E-state index in [4.69, 9.17) is 14.2 Å². The van der Waals surface area contributed by atoms with Crippen LogP contribution < -0.4 is 9.47 Å². The van der Waals surface area contributed by atoms with Crippen molar-refractivity contribution in [3.05, 3.63) is 22.2 Å². The first-order valence-corrected chi connectivity index (χ1v) is 6.74. The molecule has 102 valence electrons. The summed E-state index contributed by atoms with van der Waals surface area (Å²) < 4.78 is 16.5. The first-order valence-electron chi connectivity index (χ1n) is 5.94. The number of ether oxygens (including phenoxy) is 3. The number of hydrogen-bond donors (Lipinski definition) is 0. The quantitative estimate of drug-likeness (QED) is 0.484. The van der Waals surface area contributed by atoms with Crippen LogP contribution in [-0.2, 0) is 9.53 Å². The highest BCUT2D eigenvalue weighted by Crippen LogP contribution is 2.40. The number of benzene rings is 1. The van der Waals surface area contributed by atoms with E-state index in [0.717, 1.165) is 0 Å². The van der Waals surface area contributed by atoms with Gasteiger partial charge in [-0.15, -0.1) is 0 Å². The third-order valence-electron chi connectivity index (χ3n) is 2.55. The number of hydrogen-bond acceptors (Lipinski definition) is 5. The fourth-order valence-electron chi connectivity index (χ4n) is 1.71. The Kier molecular flexibility index (Phi) is 4.42. The van der Waals surface area contributed by atoms with Gasteiger partial charge in [-0.05, 0) is 35.0 Å². The molecule has 0 saturated carbocycles. The molecule has 0 saturated heterocycles. The molecule has 5 nitrogen and oxygen atoms in total. The van der Waals surface area contributed by atoms with Crippen LogP contribution in [0.5, 0.6) is 11.5 Å². The molecule has 0 aliphatic carbocycles. The molecule has 6 heteroatoms. The van der Waals surface area contributed by atoms with E-state index in [0.29, 0.717) is 35.6 Å².